The predicted octanol–water partition coefficient (Wildman–Crippen LogP) is 1.99. The van der Waals surface area contributed by atoms with Crippen molar-refractivity contribution in [2.24, 2.45) is 22.9 Å². The highest BCUT2D eigenvalue weighted by atomic mass is 14.7. The molecule has 0 bridgehead atoms. The normalized spacial score (nSPS) is 36.6. The summed E-state index contributed by atoms with van der Waals surface area (Å²) in [6.07, 6.45) is 13.4. The zero-order valence-corrected chi connectivity index (χ0v) is 13.1. The quantitative estimate of drug-likeness (QED) is 0.546. The van der Waals surface area contributed by atoms with Gasteiger partial charge in [0, 0.05) is 24.2 Å². The van der Waals surface area contributed by atoms with E-state index < -0.39 is 0 Å². The van der Waals surface area contributed by atoms with Crippen LogP contribution in [0.2, 0.25) is 0 Å². The maximum atomic E-state index is 6.15. The first-order valence-corrected chi connectivity index (χ1v) is 8.60. The minimum atomic E-state index is 0.301. The van der Waals surface area contributed by atoms with Crippen LogP contribution < -0.4 is 22.9 Å². The molecule has 0 aromatic carbocycles. The van der Waals surface area contributed by atoms with Gasteiger partial charge in [-0.05, 0) is 51.4 Å². The Morgan fingerprint density at radius 1 is 0.350 bits per heavy atom. The summed E-state index contributed by atoms with van der Waals surface area (Å²) in [4.78, 5) is 0. The van der Waals surface area contributed by atoms with Crippen molar-refractivity contribution in [3.63, 3.8) is 0 Å². The van der Waals surface area contributed by atoms with E-state index in [1.807, 2.05) is 0 Å². The molecule has 4 nitrogen and oxygen atoms in total. The highest BCUT2D eigenvalue weighted by Crippen LogP contribution is 2.15. The predicted molar refractivity (Wildman–Crippen MR) is 87.3 cm³/mol. The Labute approximate surface area is 125 Å². The van der Waals surface area contributed by atoms with Gasteiger partial charge in [-0.25, -0.2) is 0 Å². The first-order valence-electron chi connectivity index (χ1n) is 8.60. The Morgan fingerprint density at radius 3 is 0.950 bits per heavy atom. The van der Waals surface area contributed by atoms with E-state index in [0.717, 1.165) is 64.2 Å². The first-order chi connectivity index (χ1) is 9.58. The summed E-state index contributed by atoms with van der Waals surface area (Å²) in [6.45, 7) is 0. The van der Waals surface area contributed by atoms with Crippen LogP contribution in [-0.4, -0.2) is 24.2 Å². The van der Waals surface area contributed by atoms with E-state index in [1.54, 1.807) is 0 Å². The van der Waals surface area contributed by atoms with E-state index in [-0.39, 0.29) is 0 Å². The third kappa shape index (κ3) is 8.90. The third-order valence-corrected chi connectivity index (χ3v) is 4.61. The lowest BCUT2D eigenvalue weighted by molar-refractivity contribution is 0.417. The molecule has 0 aliphatic heterocycles. The van der Waals surface area contributed by atoms with Crippen molar-refractivity contribution < 1.29 is 0 Å². The molecule has 8 N–H and O–H groups in total. The molecule has 0 spiro atoms. The molecule has 3 unspecified atom stereocenters. The topological polar surface area (TPSA) is 104 Å². The standard InChI is InChI=1S/C16H36N4/c17-13-5-1-2-6-15(19)11-12-16(20)10-4-9-14(18)8-3-7-13/h13-16H,1-12,17-20H2/t13?,14?,15-,16?/m1/s1. The van der Waals surface area contributed by atoms with Crippen LogP contribution in [0.5, 0.6) is 0 Å². The maximum absolute atomic E-state index is 6.15. The molecule has 0 heterocycles. The molecule has 20 heavy (non-hydrogen) atoms. The van der Waals surface area contributed by atoms with Crippen LogP contribution >= 0.6 is 0 Å². The summed E-state index contributed by atoms with van der Waals surface area (Å²) in [5.74, 6) is 0. The van der Waals surface area contributed by atoms with Gasteiger partial charge in [0.25, 0.3) is 0 Å². The maximum Gasteiger partial charge on any atom is 0.00394 e. The van der Waals surface area contributed by atoms with Crippen molar-refractivity contribution >= 4 is 0 Å². The zero-order chi connectivity index (χ0) is 14.8. The molecule has 1 aliphatic carbocycles. The fourth-order valence-electron chi connectivity index (χ4n) is 3.10. The average molecular weight is 284 g/mol. The van der Waals surface area contributed by atoms with Crippen LogP contribution in [0.15, 0.2) is 0 Å². The van der Waals surface area contributed by atoms with Crippen molar-refractivity contribution in [3.8, 4) is 0 Å². The lowest BCUT2D eigenvalue weighted by Crippen LogP contribution is -2.28. The molecule has 0 aromatic rings. The first kappa shape index (κ1) is 17.9. The Morgan fingerprint density at radius 2 is 0.600 bits per heavy atom. The zero-order valence-electron chi connectivity index (χ0n) is 13.1. The van der Waals surface area contributed by atoms with Gasteiger partial charge in [0.2, 0.25) is 0 Å². The molecule has 4 heteroatoms. The van der Waals surface area contributed by atoms with Gasteiger partial charge in [-0.2, -0.15) is 0 Å². The van der Waals surface area contributed by atoms with Crippen molar-refractivity contribution in [3.05, 3.63) is 0 Å². The molecule has 0 amide bonds. The molecular weight excluding hydrogens is 248 g/mol. The molecule has 1 fully saturated rings. The Kier molecular flexibility index (Phi) is 9.44. The van der Waals surface area contributed by atoms with Gasteiger partial charge in [0.05, 0.1) is 0 Å². The van der Waals surface area contributed by atoms with E-state index in [4.69, 9.17) is 22.9 Å². The molecule has 1 rings (SSSR count). The van der Waals surface area contributed by atoms with Gasteiger partial charge >= 0.3 is 0 Å². The van der Waals surface area contributed by atoms with Gasteiger partial charge in [-0.1, -0.05) is 25.7 Å². The van der Waals surface area contributed by atoms with Crippen LogP contribution in [0, 0.1) is 0 Å². The van der Waals surface area contributed by atoms with E-state index in [0.29, 0.717) is 24.2 Å². The second-order valence-electron chi connectivity index (χ2n) is 6.76. The monoisotopic (exact) mass is 284 g/mol. The van der Waals surface area contributed by atoms with E-state index in [1.165, 1.54) is 12.8 Å². The molecule has 4 atom stereocenters. The van der Waals surface area contributed by atoms with Crippen molar-refractivity contribution in [2.45, 2.75) is 101 Å². The van der Waals surface area contributed by atoms with Gasteiger partial charge in [-0.3, -0.25) is 0 Å². The fraction of sp³-hybridized carbons (Fsp3) is 1.00. The minimum Gasteiger partial charge on any atom is -0.328 e. The van der Waals surface area contributed by atoms with Crippen LogP contribution in [0.25, 0.3) is 0 Å². The SMILES string of the molecule is NC1CCCC[C@@H](N)CCC(N)CCCC(N)CCC1. The van der Waals surface area contributed by atoms with Crippen LogP contribution in [-0.2, 0) is 0 Å². The summed E-state index contributed by atoms with van der Waals surface area (Å²) in [7, 11) is 0. The molecule has 1 saturated carbocycles. The Balaban J connectivity index is 2.34. The average Bonchev–Trinajstić information content (AvgIpc) is 2.40. The van der Waals surface area contributed by atoms with Crippen molar-refractivity contribution in [1.82, 2.24) is 0 Å². The summed E-state index contributed by atoms with van der Waals surface area (Å²) >= 11 is 0. The van der Waals surface area contributed by atoms with Gasteiger partial charge in [0.1, 0.15) is 0 Å². The van der Waals surface area contributed by atoms with Gasteiger partial charge in [-0.15, -0.1) is 0 Å². The number of rotatable bonds is 0. The molecule has 0 saturated heterocycles. The van der Waals surface area contributed by atoms with Crippen LogP contribution in [0.3, 0.4) is 0 Å². The summed E-state index contributed by atoms with van der Waals surface area (Å²) in [5, 5.41) is 0. The van der Waals surface area contributed by atoms with Crippen LogP contribution in [0.4, 0.5) is 0 Å². The van der Waals surface area contributed by atoms with Crippen molar-refractivity contribution in [1.29, 1.82) is 0 Å². The molecule has 1 aliphatic rings. The lowest BCUT2D eigenvalue weighted by atomic mass is 9.94. The molecule has 0 aromatic heterocycles. The van der Waals surface area contributed by atoms with E-state index >= 15 is 0 Å². The fourth-order valence-corrected chi connectivity index (χ4v) is 3.10. The largest absolute Gasteiger partial charge is 0.328 e. The minimum absolute atomic E-state index is 0.301. The highest BCUT2D eigenvalue weighted by molar-refractivity contribution is 4.72. The Bertz CT molecular complexity index is 235. The van der Waals surface area contributed by atoms with E-state index in [2.05, 4.69) is 0 Å². The van der Waals surface area contributed by atoms with Gasteiger partial charge < -0.3 is 22.9 Å². The van der Waals surface area contributed by atoms with Gasteiger partial charge in [0.15, 0.2) is 0 Å². The highest BCUT2D eigenvalue weighted by Gasteiger charge is 2.11. The van der Waals surface area contributed by atoms with Crippen LogP contribution in [0.1, 0.15) is 77.0 Å². The second kappa shape index (κ2) is 10.6. The third-order valence-electron chi connectivity index (χ3n) is 4.61. The second-order valence-corrected chi connectivity index (χ2v) is 6.76. The molecule has 120 valence electrons. The Hall–Kier alpha value is -0.160. The number of hydrogen-bond acceptors (Lipinski definition) is 4. The lowest BCUT2D eigenvalue weighted by Gasteiger charge is -2.19. The smallest absolute Gasteiger partial charge is 0.00394 e. The van der Waals surface area contributed by atoms with E-state index in [9.17, 15) is 0 Å². The summed E-state index contributed by atoms with van der Waals surface area (Å²) < 4.78 is 0. The molecular formula is C16H36N4. The van der Waals surface area contributed by atoms with Crippen molar-refractivity contribution in [2.75, 3.05) is 0 Å². The number of hydrogen-bond donors (Lipinski definition) is 4. The summed E-state index contributed by atoms with van der Waals surface area (Å²) in [5.41, 5.74) is 24.6. The summed E-state index contributed by atoms with van der Waals surface area (Å²) in [6, 6.07) is 1.28. The molecule has 0 radical (unpaired) electrons. The number of nitrogens with two attached hydrogens (primary N) is 4.